The molecule has 2 aromatic rings. The van der Waals surface area contributed by atoms with Crippen molar-refractivity contribution in [3.05, 3.63) is 59.7 Å². The summed E-state index contributed by atoms with van der Waals surface area (Å²) in [6, 6.07) is 14.1. The van der Waals surface area contributed by atoms with E-state index in [0.29, 0.717) is 17.0 Å². The Morgan fingerprint density at radius 1 is 1.19 bits per heavy atom. The molecule has 0 aliphatic carbocycles. The number of methoxy groups -OCH3 is 1. The summed E-state index contributed by atoms with van der Waals surface area (Å²) in [6.45, 7) is 0.322. The first-order chi connectivity index (χ1) is 12.5. The predicted molar refractivity (Wildman–Crippen MR) is 97.6 cm³/mol. The van der Waals surface area contributed by atoms with E-state index in [0.717, 1.165) is 5.56 Å². The summed E-state index contributed by atoms with van der Waals surface area (Å²) in [5.41, 5.74) is 7.48. The number of amides is 1. The summed E-state index contributed by atoms with van der Waals surface area (Å²) >= 11 is 0. The van der Waals surface area contributed by atoms with Crippen molar-refractivity contribution in [1.29, 1.82) is 0 Å². The Kier molecular flexibility index (Phi) is 7.25. The van der Waals surface area contributed by atoms with Crippen LogP contribution in [-0.2, 0) is 11.3 Å². The Labute approximate surface area is 152 Å². The largest absolute Gasteiger partial charge is 0.497 e. The number of carbonyl (C=O) groups excluding carboxylic acids is 1. The number of alkyl carbamates (subject to hydrolysis) is 1. The lowest BCUT2D eigenvalue weighted by atomic mass is 10.0. The first-order valence-corrected chi connectivity index (χ1v) is 8.25. The number of benzene rings is 2. The third-order valence-corrected chi connectivity index (χ3v) is 3.90. The first-order valence-electron chi connectivity index (χ1n) is 8.25. The smallest absolute Gasteiger partial charge is 0.407 e. The number of nitrogen functional groups attached to an aromatic ring is 1. The van der Waals surface area contributed by atoms with E-state index >= 15 is 0 Å². The Hall–Kier alpha value is -2.77. The number of nitrogens with one attached hydrogen (secondary N) is 1. The van der Waals surface area contributed by atoms with Crippen LogP contribution in [0.4, 0.5) is 10.5 Å². The highest BCUT2D eigenvalue weighted by atomic mass is 16.5. The molecule has 0 aromatic heterocycles. The van der Waals surface area contributed by atoms with Crippen LogP contribution in [-0.4, -0.2) is 36.1 Å². The number of nitrogens with two attached hydrogens (primary N) is 1. The average molecular weight is 360 g/mol. The van der Waals surface area contributed by atoms with Gasteiger partial charge >= 0.3 is 6.09 Å². The summed E-state index contributed by atoms with van der Waals surface area (Å²) < 4.78 is 10.1. The number of aliphatic hydroxyl groups excluding tert-OH is 2. The normalized spacial score (nSPS) is 12.9. The number of aliphatic hydroxyl groups is 2. The lowest BCUT2D eigenvalue weighted by Crippen LogP contribution is -2.30. The maximum absolute atomic E-state index is 11.7. The van der Waals surface area contributed by atoms with Crippen molar-refractivity contribution in [3.8, 4) is 5.75 Å². The second-order valence-electron chi connectivity index (χ2n) is 5.78. The zero-order chi connectivity index (χ0) is 18.9. The van der Waals surface area contributed by atoms with Gasteiger partial charge in [0, 0.05) is 23.9 Å². The number of rotatable bonds is 8. The summed E-state index contributed by atoms with van der Waals surface area (Å²) in [7, 11) is 1.52. The van der Waals surface area contributed by atoms with Crippen LogP contribution in [0.25, 0.3) is 0 Å². The maximum Gasteiger partial charge on any atom is 0.407 e. The Bertz CT molecular complexity index is 708. The van der Waals surface area contributed by atoms with Gasteiger partial charge in [0.1, 0.15) is 18.5 Å². The molecule has 0 saturated heterocycles. The summed E-state index contributed by atoms with van der Waals surface area (Å²) in [5.74, 6) is 0.566. The fourth-order valence-corrected chi connectivity index (χ4v) is 2.41. The topological polar surface area (TPSA) is 114 Å². The average Bonchev–Trinajstić information content (AvgIpc) is 2.66. The molecule has 0 saturated carbocycles. The van der Waals surface area contributed by atoms with Gasteiger partial charge in [0.15, 0.2) is 0 Å². The number of hydrogen-bond donors (Lipinski definition) is 4. The molecule has 2 atom stereocenters. The third kappa shape index (κ3) is 5.65. The molecule has 7 heteroatoms. The molecule has 0 bridgehead atoms. The summed E-state index contributed by atoms with van der Waals surface area (Å²) in [6.07, 6.45) is -2.68. The quantitative estimate of drug-likeness (QED) is 0.535. The standard InChI is InChI=1S/C19H24N2O5/c1-25-14-7-8-15(16(20)11-14)18(23)17(22)9-10-21-19(24)26-12-13-5-3-2-4-6-13/h2-8,11,17-18,22-23H,9-10,12,20H2,1H3,(H,21,24). The molecule has 2 aromatic carbocycles. The molecule has 26 heavy (non-hydrogen) atoms. The van der Waals surface area contributed by atoms with E-state index in [1.807, 2.05) is 30.3 Å². The third-order valence-electron chi connectivity index (χ3n) is 3.90. The van der Waals surface area contributed by atoms with Crippen molar-refractivity contribution in [3.63, 3.8) is 0 Å². The zero-order valence-electron chi connectivity index (χ0n) is 14.6. The fourth-order valence-electron chi connectivity index (χ4n) is 2.41. The number of anilines is 1. The molecular weight excluding hydrogens is 336 g/mol. The highest BCUT2D eigenvalue weighted by molar-refractivity contribution is 5.67. The molecule has 7 nitrogen and oxygen atoms in total. The molecule has 0 spiro atoms. The molecule has 0 aliphatic rings. The molecule has 140 valence electrons. The molecule has 0 aliphatic heterocycles. The van der Waals surface area contributed by atoms with Gasteiger partial charge in [-0.2, -0.15) is 0 Å². The highest BCUT2D eigenvalue weighted by Gasteiger charge is 2.21. The van der Waals surface area contributed by atoms with Crippen molar-refractivity contribution in [2.24, 2.45) is 0 Å². The van der Waals surface area contributed by atoms with E-state index in [2.05, 4.69) is 5.32 Å². The van der Waals surface area contributed by atoms with Crippen LogP contribution in [0.5, 0.6) is 5.75 Å². The lowest BCUT2D eigenvalue weighted by Gasteiger charge is -2.20. The summed E-state index contributed by atoms with van der Waals surface area (Å²) in [4.78, 5) is 11.7. The van der Waals surface area contributed by atoms with E-state index in [4.69, 9.17) is 15.2 Å². The van der Waals surface area contributed by atoms with Crippen molar-refractivity contribution >= 4 is 11.8 Å². The Balaban J connectivity index is 1.75. The molecule has 0 radical (unpaired) electrons. The molecule has 2 unspecified atom stereocenters. The predicted octanol–water partition coefficient (Wildman–Crippen LogP) is 1.99. The Morgan fingerprint density at radius 2 is 1.92 bits per heavy atom. The molecule has 0 fully saturated rings. The molecule has 1 amide bonds. The minimum absolute atomic E-state index is 0.146. The van der Waals surface area contributed by atoms with Gasteiger partial charge in [-0.05, 0) is 18.1 Å². The second kappa shape index (κ2) is 9.65. The fraction of sp³-hybridized carbons (Fsp3) is 0.316. The zero-order valence-corrected chi connectivity index (χ0v) is 14.6. The van der Waals surface area contributed by atoms with Gasteiger partial charge in [0.25, 0.3) is 0 Å². The van der Waals surface area contributed by atoms with Gasteiger partial charge in [0.2, 0.25) is 0 Å². The minimum atomic E-state index is -1.16. The van der Waals surface area contributed by atoms with Crippen LogP contribution < -0.4 is 15.8 Å². The van der Waals surface area contributed by atoms with E-state index in [1.165, 1.54) is 7.11 Å². The maximum atomic E-state index is 11.7. The lowest BCUT2D eigenvalue weighted by molar-refractivity contribution is 0.0140. The van der Waals surface area contributed by atoms with Crippen LogP contribution >= 0.6 is 0 Å². The van der Waals surface area contributed by atoms with Crippen LogP contribution in [0.15, 0.2) is 48.5 Å². The molecule has 2 rings (SSSR count). The van der Waals surface area contributed by atoms with E-state index < -0.39 is 18.3 Å². The van der Waals surface area contributed by atoms with Gasteiger partial charge < -0.3 is 30.7 Å². The number of carbonyl (C=O) groups is 1. The number of hydrogen-bond acceptors (Lipinski definition) is 6. The second-order valence-corrected chi connectivity index (χ2v) is 5.78. The van der Waals surface area contributed by atoms with Crippen LogP contribution in [0.3, 0.4) is 0 Å². The van der Waals surface area contributed by atoms with Gasteiger partial charge in [-0.15, -0.1) is 0 Å². The molecule has 5 N–H and O–H groups in total. The van der Waals surface area contributed by atoms with Crippen molar-refractivity contribution in [2.75, 3.05) is 19.4 Å². The van der Waals surface area contributed by atoms with Crippen molar-refractivity contribution in [2.45, 2.75) is 25.2 Å². The van der Waals surface area contributed by atoms with Crippen LogP contribution in [0.2, 0.25) is 0 Å². The van der Waals surface area contributed by atoms with E-state index in [1.54, 1.807) is 18.2 Å². The van der Waals surface area contributed by atoms with Crippen LogP contribution in [0.1, 0.15) is 23.7 Å². The summed E-state index contributed by atoms with van der Waals surface area (Å²) in [5, 5.41) is 22.9. The van der Waals surface area contributed by atoms with Gasteiger partial charge in [-0.3, -0.25) is 0 Å². The SMILES string of the molecule is COc1ccc(C(O)C(O)CCNC(=O)OCc2ccccc2)c(N)c1. The van der Waals surface area contributed by atoms with Gasteiger partial charge in [0.05, 0.1) is 13.2 Å². The van der Waals surface area contributed by atoms with Gasteiger partial charge in [-0.25, -0.2) is 4.79 Å². The van der Waals surface area contributed by atoms with Gasteiger partial charge in [-0.1, -0.05) is 36.4 Å². The minimum Gasteiger partial charge on any atom is -0.497 e. The molecular formula is C19H24N2O5. The van der Waals surface area contributed by atoms with E-state index in [9.17, 15) is 15.0 Å². The Morgan fingerprint density at radius 3 is 2.58 bits per heavy atom. The first kappa shape index (κ1) is 19.6. The van der Waals surface area contributed by atoms with Crippen molar-refractivity contribution < 1.29 is 24.5 Å². The number of ether oxygens (including phenoxy) is 2. The van der Waals surface area contributed by atoms with E-state index in [-0.39, 0.29) is 19.6 Å². The molecule has 0 heterocycles. The van der Waals surface area contributed by atoms with Crippen molar-refractivity contribution in [1.82, 2.24) is 5.32 Å². The van der Waals surface area contributed by atoms with Crippen LogP contribution in [0, 0.1) is 0 Å². The highest BCUT2D eigenvalue weighted by Crippen LogP contribution is 2.27. The monoisotopic (exact) mass is 360 g/mol.